The van der Waals surface area contributed by atoms with Gasteiger partial charge in [0.25, 0.3) is 5.91 Å². The van der Waals surface area contributed by atoms with Crippen molar-refractivity contribution in [3.05, 3.63) is 17.8 Å². The van der Waals surface area contributed by atoms with Crippen LogP contribution in [0.25, 0.3) is 0 Å². The second kappa shape index (κ2) is 9.89. The average molecular weight is 352 g/mol. The van der Waals surface area contributed by atoms with Gasteiger partial charge in [0.15, 0.2) is 5.69 Å². The molecule has 2 rings (SSSR count). The number of nitrogens with zero attached hydrogens (tertiary/aromatic N) is 3. The van der Waals surface area contributed by atoms with Gasteiger partial charge in [0.1, 0.15) is 6.26 Å². The van der Waals surface area contributed by atoms with Crippen molar-refractivity contribution in [1.29, 1.82) is 0 Å². The maximum atomic E-state index is 12.0. The second-order valence-electron chi connectivity index (χ2n) is 7.20. The van der Waals surface area contributed by atoms with Gasteiger partial charge in [-0.15, -0.1) is 0 Å². The van der Waals surface area contributed by atoms with Crippen LogP contribution in [0.15, 0.2) is 10.7 Å². The second-order valence-corrected chi connectivity index (χ2v) is 7.20. The monoisotopic (exact) mass is 352 g/mol. The van der Waals surface area contributed by atoms with Crippen LogP contribution in [-0.4, -0.2) is 71.2 Å². The van der Waals surface area contributed by atoms with Crippen molar-refractivity contribution in [2.24, 2.45) is 5.92 Å². The third-order valence-corrected chi connectivity index (χ3v) is 4.56. The molecule has 7 heteroatoms. The molecule has 1 aromatic rings. The molecule has 0 aliphatic carbocycles. The first-order chi connectivity index (χ1) is 12.0. The standard InChI is InChI=1S/C18H32N4O3/c1-4-15(23)11-21-7-9-22(10-8-21)12-17-20-16(13-25-17)18(24)19-6-5-14(2)3/h13-15,23H,4-12H2,1-3H3,(H,19,24)/t15-/m1/s1. The number of rotatable bonds is 9. The minimum atomic E-state index is -0.241. The molecule has 0 unspecified atom stereocenters. The molecule has 1 amide bonds. The third-order valence-electron chi connectivity index (χ3n) is 4.56. The summed E-state index contributed by atoms with van der Waals surface area (Å²) in [5.41, 5.74) is 0.350. The smallest absolute Gasteiger partial charge is 0.273 e. The molecule has 2 N–H and O–H groups in total. The van der Waals surface area contributed by atoms with E-state index in [1.54, 1.807) is 0 Å². The lowest BCUT2D eigenvalue weighted by atomic mass is 10.1. The fourth-order valence-electron chi connectivity index (χ4n) is 2.80. The van der Waals surface area contributed by atoms with Crippen LogP contribution in [0, 0.1) is 5.92 Å². The normalized spacial score (nSPS) is 17.8. The molecule has 1 aromatic heterocycles. The Balaban J connectivity index is 1.73. The van der Waals surface area contributed by atoms with E-state index in [1.807, 2.05) is 6.92 Å². The Labute approximate surface area is 150 Å². The molecule has 1 aliphatic rings. The Hall–Kier alpha value is -1.44. The Bertz CT molecular complexity index is 524. The molecule has 0 bridgehead atoms. The van der Waals surface area contributed by atoms with Gasteiger partial charge in [-0.3, -0.25) is 14.6 Å². The predicted octanol–water partition coefficient (Wildman–Crippen LogP) is 1.34. The molecule has 0 aromatic carbocycles. The summed E-state index contributed by atoms with van der Waals surface area (Å²) in [6, 6.07) is 0. The van der Waals surface area contributed by atoms with Crippen LogP contribution in [0.3, 0.4) is 0 Å². The number of carbonyl (C=O) groups is 1. The van der Waals surface area contributed by atoms with Gasteiger partial charge in [0.05, 0.1) is 12.6 Å². The number of β-amino-alcohol motifs (C(OH)–C–C–N with tert-alkyl or cyclic N) is 1. The molecule has 0 spiro atoms. The van der Waals surface area contributed by atoms with E-state index in [0.717, 1.165) is 45.6 Å². The van der Waals surface area contributed by atoms with E-state index in [9.17, 15) is 9.90 Å². The van der Waals surface area contributed by atoms with Crippen LogP contribution in [0.1, 0.15) is 50.0 Å². The fourth-order valence-corrected chi connectivity index (χ4v) is 2.80. The van der Waals surface area contributed by atoms with Gasteiger partial charge in [0.2, 0.25) is 5.89 Å². The Morgan fingerprint density at radius 2 is 2.00 bits per heavy atom. The van der Waals surface area contributed by atoms with Gasteiger partial charge in [-0.2, -0.15) is 0 Å². The predicted molar refractivity (Wildman–Crippen MR) is 96.3 cm³/mol. The number of carbonyl (C=O) groups excluding carboxylic acids is 1. The van der Waals surface area contributed by atoms with Crippen LogP contribution >= 0.6 is 0 Å². The van der Waals surface area contributed by atoms with Crippen LogP contribution in [0.2, 0.25) is 0 Å². The fraction of sp³-hybridized carbons (Fsp3) is 0.778. The number of aromatic nitrogens is 1. The number of hydrogen-bond acceptors (Lipinski definition) is 6. The Morgan fingerprint density at radius 1 is 1.32 bits per heavy atom. The zero-order chi connectivity index (χ0) is 18.2. The van der Waals surface area contributed by atoms with Crippen molar-refractivity contribution in [3.63, 3.8) is 0 Å². The zero-order valence-corrected chi connectivity index (χ0v) is 15.7. The molecule has 1 saturated heterocycles. The Kier molecular flexibility index (Phi) is 7.87. The maximum absolute atomic E-state index is 12.0. The number of aliphatic hydroxyl groups excluding tert-OH is 1. The third kappa shape index (κ3) is 6.76. The van der Waals surface area contributed by atoms with Gasteiger partial charge in [0, 0.05) is 39.3 Å². The molecule has 142 valence electrons. The van der Waals surface area contributed by atoms with Crippen molar-refractivity contribution in [3.8, 4) is 0 Å². The molecular weight excluding hydrogens is 320 g/mol. The van der Waals surface area contributed by atoms with Gasteiger partial charge >= 0.3 is 0 Å². The highest BCUT2D eigenvalue weighted by Crippen LogP contribution is 2.10. The van der Waals surface area contributed by atoms with E-state index < -0.39 is 0 Å². The van der Waals surface area contributed by atoms with Gasteiger partial charge in [-0.1, -0.05) is 20.8 Å². The molecule has 1 atom stereocenters. The number of amides is 1. The van der Waals surface area contributed by atoms with Crippen LogP contribution in [0.4, 0.5) is 0 Å². The average Bonchev–Trinajstić information content (AvgIpc) is 3.04. The van der Waals surface area contributed by atoms with E-state index in [1.165, 1.54) is 6.26 Å². The highest BCUT2D eigenvalue weighted by atomic mass is 16.3. The van der Waals surface area contributed by atoms with Crippen molar-refractivity contribution in [2.45, 2.75) is 46.3 Å². The van der Waals surface area contributed by atoms with E-state index in [2.05, 4.69) is 33.9 Å². The lowest BCUT2D eigenvalue weighted by Gasteiger charge is -2.34. The minimum absolute atomic E-state index is 0.172. The van der Waals surface area contributed by atoms with Crippen LogP contribution in [0.5, 0.6) is 0 Å². The summed E-state index contributed by atoms with van der Waals surface area (Å²) in [6.45, 7) is 12.0. The number of piperazine rings is 1. The molecule has 25 heavy (non-hydrogen) atoms. The summed E-state index contributed by atoms with van der Waals surface area (Å²) in [5.74, 6) is 0.968. The van der Waals surface area contributed by atoms with Gasteiger partial charge in [-0.25, -0.2) is 4.98 Å². The lowest BCUT2D eigenvalue weighted by molar-refractivity contribution is 0.0658. The van der Waals surface area contributed by atoms with E-state index in [4.69, 9.17) is 4.42 Å². The first-order valence-electron chi connectivity index (χ1n) is 9.33. The van der Waals surface area contributed by atoms with E-state index >= 15 is 0 Å². The number of hydrogen-bond donors (Lipinski definition) is 2. The molecule has 7 nitrogen and oxygen atoms in total. The highest BCUT2D eigenvalue weighted by Gasteiger charge is 2.20. The summed E-state index contributed by atoms with van der Waals surface area (Å²) in [7, 11) is 0. The summed E-state index contributed by atoms with van der Waals surface area (Å²) in [5, 5.41) is 12.6. The maximum Gasteiger partial charge on any atom is 0.273 e. The molecule has 1 fully saturated rings. The van der Waals surface area contributed by atoms with Crippen LogP contribution < -0.4 is 5.32 Å². The molecule has 0 radical (unpaired) electrons. The first-order valence-corrected chi connectivity index (χ1v) is 9.33. The molecule has 1 aliphatic heterocycles. The summed E-state index contributed by atoms with van der Waals surface area (Å²) < 4.78 is 5.46. The Morgan fingerprint density at radius 3 is 2.64 bits per heavy atom. The highest BCUT2D eigenvalue weighted by molar-refractivity contribution is 5.91. The summed E-state index contributed by atoms with van der Waals surface area (Å²) in [4.78, 5) is 20.9. The summed E-state index contributed by atoms with van der Waals surface area (Å²) in [6.07, 6.45) is 2.94. The zero-order valence-electron chi connectivity index (χ0n) is 15.7. The van der Waals surface area contributed by atoms with E-state index in [-0.39, 0.29) is 12.0 Å². The van der Waals surface area contributed by atoms with Crippen molar-refractivity contribution in [2.75, 3.05) is 39.3 Å². The molecular formula is C18H32N4O3. The van der Waals surface area contributed by atoms with Gasteiger partial charge < -0.3 is 14.8 Å². The van der Waals surface area contributed by atoms with Gasteiger partial charge in [-0.05, 0) is 18.8 Å². The minimum Gasteiger partial charge on any atom is -0.447 e. The first kappa shape index (κ1) is 19.9. The molecule has 0 saturated carbocycles. The summed E-state index contributed by atoms with van der Waals surface area (Å²) >= 11 is 0. The number of aliphatic hydroxyl groups is 1. The van der Waals surface area contributed by atoms with Crippen molar-refractivity contribution >= 4 is 5.91 Å². The topological polar surface area (TPSA) is 81.8 Å². The quantitative estimate of drug-likeness (QED) is 0.698. The van der Waals surface area contributed by atoms with Crippen LogP contribution in [-0.2, 0) is 6.54 Å². The lowest BCUT2D eigenvalue weighted by Crippen LogP contribution is -2.48. The largest absolute Gasteiger partial charge is 0.447 e. The number of oxazole rings is 1. The SMILES string of the molecule is CC[C@@H](O)CN1CCN(Cc2nc(C(=O)NCCC(C)C)co2)CC1. The molecule has 2 heterocycles. The van der Waals surface area contributed by atoms with Crippen molar-refractivity contribution < 1.29 is 14.3 Å². The number of nitrogens with one attached hydrogen (secondary N) is 1. The van der Waals surface area contributed by atoms with E-state index in [0.29, 0.717) is 30.6 Å². The van der Waals surface area contributed by atoms with Crippen molar-refractivity contribution in [1.82, 2.24) is 20.1 Å².